The maximum absolute atomic E-state index is 10.7. The summed E-state index contributed by atoms with van der Waals surface area (Å²) in [7, 11) is 1.50. The van der Waals surface area contributed by atoms with Crippen LogP contribution in [0.15, 0.2) is 36.4 Å². The lowest BCUT2D eigenvalue weighted by Crippen LogP contribution is -2.25. The monoisotopic (exact) mass is 407 g/mol. The van der Waals surface area contributed by atoms with Crippen molar-refractivity contribution in [2.45, 2.75) is 33.2 Å². The quantitative estimate of drug-likeness (QED) is 0.306. The first-order valence-corrected chi connectivity index (χ1v) is 8.60. The van der Waals surface area contributed by atoms with Crippen molar-refractivity contribution in [1.82, 2.24) is 0 Å². The Balaban J connectivity index is 0.000000291. The van der Waals surface area contributed by atoms with Crippen molar-refractivity contribution in [3.05, 3.63) is 62.2 Å². The van der Waals surface area contributed by atoms with Crippen molar-refractivity contribution in [3.63, 3.8) is 0 Å². The lowest BCUT2D eigenvalue weighted by Gasteiger charge is -2.11. The number of rotatable bonds is 7. The Morgan fingerprint density at radius 2 is 1.72 bits per heavy atom. The van der Waals surface area contributed by atoms with E-state index in [0.29, 0.717) is 22.7 Å². The minimum Gasteiger partial charge on any atom is -0.497 e. The molecule has 11 heteroatoms. The van der Waals surface area contributed by atoms with Gasteiger partial charge in [-0.2, -0.15) is 0 Å². The highest BCUT2D eigenvalue weighted by atomic mass is 16.6. The third-order valence-corrected chi connectivity index (χ3v) is 3.57. The Hall–Kier alpha value is -3.44. The molecule has 0 aliphatic rings. The standard InChI is InChI=1S/C9H13N3O3.C9H12N2O3/c1-6(10)11-8-5-7(15-2)3-4-9(8)12(13)14;1-6-4-3-5-8(10-7(2)12)9(6)11(13)14/h3-6,11H,10H2,1-2H3;3-5,7,10,12H,1-2H3. The second-order valence-electron chi connectivity index (χ2n) is 6.12. The predicted molar refractivity (Wildman–Crippen MR) is 110 cm³/mol. The molecule has 2 atom stereocenters. The Labute approximate surface area is 167 Å². The molecule has 11 nitrogen and oxygen atoms in total. The van der Waals surface area contributed by atoms with Crippen molar-refractivity contribution in [2.24, 2.45) is 5.73 Å². The van der Waals surface area contributed by atoms with Crippen LogP contribution in [0.2, 0.25) is 0 Å². The number of para-hydroxylation sites is 1. The van der Waals surface area contributed by atoms with Gasteiger partial charge in [-0.3, -0.25) is 20.2 Å². The van der Waals surface area contributed by atoms with Crippen LogP contribution in [0.1, 0.15) is 19.4 Å². The number of ether oxygens (including phenoxy) is 1. The number of methoxy groups -OCH3 is 1. The number of aliphatic hydroxyl groups is 1. The van der Waals surface area contributed by atoms with Gasteiger partial charge >= 0.3 is 0 Å². The van der Waals surface area contributed by atoms with Crippen LogP contribution in [0.25, 0.3) is 0 Å². The molecular weight excluding hydrogens is 382 g/mol. The minimum absolute atomic E-state index is 0.00778. The molecule has 2 unspecified atom stereocenters. The van der Waals surface area contributed by atoms with Crippen LogP contribution in [0.5, 0.6) is 5.75 Å². The van der Waals surface area contributed by atoms with Crippen molar-refractivity contribution in [3.8, 4) is 5.75 Å². The van der Waals surface area contributed by atoms with Crippen LogP contribution in [0.4, 0.5) is 22.7 Å². The molecule has 0 radical (unpaired) electrons. The van der Waals surface area contributed by atoms with Gasteiger partial charge in [0, 0.05) is 17.7 Å². The van der Waals surface area contributed by atoms with Gasteiger partial charge in [-0.15, -0.1) is 0 Å². The maximum atomic E-state index is 10.7. The van der Waals surface area contributed by atoms with E-state index < -0.39 is 16.1 Å². The van der Waals surface area contributed by atoms with Crippen LogP contribution in [-0.4, -0.2) is 34.5 Å². The fraction of sp³-hybridized carbons (Fsp3) is 0.333. The van der Waals surface area contributed by atoms with Gasteiger partial charge in [-0.1, -0.05) is 12.1 Å². The highest BCUT2D eigenvalue weighted by Crippen LogP contribution is 2.29. The predicted octanol–water partition coefficient (Wildman–Crippen LogP) is 2.97. The van der Waals surface area contributed by atoms with E-state index in [9.17, 15) is 20.2 Å². The number of nitro groups is 2. The SMILES string of the molecule is COc1ccc([N+](=O)[O-])c(NC(C)N)c1.Cc1cccc(NC(C)O)c1[N+](=O)[O-]. The molecule has 0 amide bonds. The van der Waals surface area contributed by atoms with Gasteiger partial charge in [0.05, 0.1) is 23.1 Å². The van der Waals surface area contributed by atoms with Crippen LogP contribution < -0.4 is 21.1 Å². The van der Waals surface area contributed by atoms with Crippen molar-refractivity contribution in [2.75, 3.05) is 17.7 Å². The summed E-state index contributed by atoms with van der Waals surface area (Å²) in [6.45, 7) is 4.86. The second kappa shape index (κ2) is 10.8. The molecule has 0 saturated heterocycles. The van der Waals surface area contributed by atoms with Crippen LogP contribution in [0.3, 0.4) is 0 Å². The van der Waals surface area contributed by atoms with Gasteiger partial charge in [-0.25, -0.2) is 0 Å². The van der Waals surface area contributed by atoms with Gasteiger partial charge in [0.1, 0.15) is 23.4 Å². The largest absolute Gasteiger partial charge is 0.497 e. The Bertz CT molecular complexity index is 857. The molecule has 0 aromatic heterocycles. The highest BCUT2D eigenvalue weighted by Gasteiger charge is 2.17. The number of nitrogens with two attached hydrogens (primary N) is 1. The molecule has 2 rings (SSSR count). The van der Waals surface area contributed by atoms with Gasteiger partial charge in [0.25, 0.3) is 11.4 Å². The summed E-state index contributed by atoms with van der Waals surface area (Å²) >= 11 is 0. The highest BCUT2D eigenvalue weighted by molar-refractivity contribution is 5.65. The lowest BCUT2D eigenvalue weighted by molar-refractivity contribution is -0.384. The molecule has 0 aliphatic heterocycles. The number of anilines is 2. The fourth-order valence-corrected chi connectivity index (χ4v) is 2.41. The lowest BCUT2D eigenvalue weighted by atomic mass is 10.1. The van der Waals surface area contributed by atoms with E-state index in [0.717, 1.165) is 0 Å². The van der Waals surface area contributed by atoms with Crippen LogP contribution in [0, 0.1) is 27.2 Å². The topological polar surface area (TPSA) is 166 Å². The number of nitrogens with one attached hydrogen (secondary N) is 2. The molecule has 0 bridgehead atoms. The van der Waals surface area contributed by atoms with Gasteiger partial charge < -0.3 is 26.2 Å². The number of hydrogen-bond acceptors (Lipinski definition) is 9. The summed E-state index contributed by atoms with van der Waals surface area (Å²) in [5.41, 5.74) is 6.76. The smallest absolute Gasteiger partial charge is 0.295 e. The van der Waals surface area contributed by atoms with Crippen LogP contribution in [-0.2, 0) is 0 Å². The summed E-state index contributed by atoms with van der Waals surface area (Å²) < 4.78 is 4.97. The molecule has 158 valence electrons. The summed E-state index contributed by atoms with van der Waals surface area (Å²) in [6.07, 6.45) is -1.17. The Kier molecular flexibility index (Phi) is 8.77. The molecular formula is C18H25N5O6. The van der Waals surface area contributed by atoms with Crippen LogP contribution >= 0.6 is 0 Å². The van der Waals surface area contributed by atoms with Gasteiger partial charge in [0.2, 0.25) is 0 Å². The van der Waals surface area contributed by atoms with Gasteiger partial charge in [-0.05, 0) is 32.9 Å². The Morgan fingerprint density at radius 1 is 1.07 bits per heavy atom. The molecule has 0 saturated carbocycles. The molecule has 29 heavy (non-hydrogen) atoms. The number of benzene rings is 2. The normalized spacial score (nSPS) is 12.1. The number of nitrogens with zero attached hydrogens (tertiary/aromatic N) is 2. The van der Waals surface area contributed by atoms with E-state index in [1.165, 1.54) is 26.2 Å². The van der Waals surface area contributed by atoms with Crippen molar-refractivity contribution >= 4 is 22.7 Å². The maximum Gasteiger partial charge on any atom is 0.295 e. The average Bonchev–Trinajstić information content (AvgIpc) is 2.60. The number of aryl methyl sites for hydroxylation is 1. The zero-order valence-electron chi connectivity index (χ0n) is 16.6. The zero-order chi connectivity index (χ0) is 22.1. The van der Waals surface area contributed by atoms with E-state index in [2.05, 4.69) is 10.6 Å². The minimum atomic E-state index is -0.810. The van der Waals surface area contributed by atoms with E-state index in [1.807, 2.05) is 0 Å². The summed E-state index contributed by atoms with van der Waals surface area (Å²) in [5, 5.41) is 35.9. The molecule has 2 aromatic carbocycles. The summed E-state index contributed by atoms with van der Waals surface area (Å²) in [6, 6.07) is 9.38. The van der Waals surface area contributed by atoms with E-state index in [4.69, 9.17) is 15.6 Å². The first-order valence-electron chi connectivity index (χ1n) is 8.60. The molecule has 0 heterocycles. The Morgan fingerprint density at radius 3 is 2.21 bits per heavy atom. The number of nitro benzene ring substituents is 2. The molecule has 0 spiro atoms. The molecule has 5 N–H and O–H groups in total. The molecule has 0 fully saturated rings. The fourth-order valence-electron chi connectivity index (χ4n) is 2.41. The third kappa shape index (κ3) is 7.24. The first-order chi connectivity index (χ1) is 13.6. The van der Waals surface area contributed by atoms with E-state index in [1.54, 1.807) is 38.1 Å². The van der Waals surface area contributed by atoms with E-state index >= 15 is 0 Å². The number of aliphatic hydroxyl groups excluding tert-OH is 1. The average molecular weight is 407 g/mol. The van der Waals surface area contributed by atoms with E-state index in [-0.39, 0.29) is 17.5 Å². The van der Waals surface area contributed by atoms with Crippen molar-refractivity contribution < 1.29 is 19.7 Å². The first kappa shape index (κ1) is 23.6. The molecule has 2 aromatic rings. The summed E-state index contributed by atoms with van der Waals surface area (Å²) in [5.74, 6) is 0.545. The third-order valence-electron chi connectivity index (χ3n) is 3.57. The summed E-state index contributed by atoms with van der Waals surface area (Å²) in [4.78, 5) is 20.5. The zero-order valence-corrected chi connectivity index (χ0v) is 16.6. The molecule has 0 aliphatic carbocycles. The van der Waals surface area contributed by atoms with Gasteiger partial charge in [0.15, 0.2) is 0 Å². The van der Waals surface area contributed by atoms with Crippen molar-refractivity contribution in [1.29, 1.82) is 0 Å². The number of hydrogen-bond donors (Lipinski definition) is 4. The second-order valence-corrected chi connectivity index (χ2v) is 6.12.